The van der Waals surface area contributed by atoms with Crippen LogP contribution in [0.4, 0.5) is 0 Å². The highest BCUT2D eigenvalue weighted by Crippen LogP contribution is 2.30. The quantitative estimate of drug-likeness (QED) is 0.0669. The van der Waals surface area contributed by atoms with E-state index in [1.807, 2.05) is 24.3 Å². The van der Waals surface area contributed by atoms with Gasteiger partial charge in [-0.05, 0) is 88.7 Å². The largest absolute Gasteiger partial charge is 0.481 e. The summed E-state index contributed by atoms with van der Waals surface area (Å²) in [5.41, 5.74) is 8.65. The van der Waals surface area contributed by atoms with Crippen LogP contribution in [0.3, 0.4) is 0 Å². The fraction of sp³-hybridized carbons (Fsp3) is 0.667. The molecular formula is C36H57N5O6. The number of rotatable bonds is 19. The molecule has 0 saturated carbocycles. The average molecular weight is 656 g/mol. The van der Waals surface area contributed by atoms with Gasteiger partial charge in [-0.15, -0.1) is 0 Å². The summed E-state index contributed by atoms with van der Waals surface area (Å²) in [4.78, 5) is 41.0. The molecule has 1 aliphatic heterocycles. The van der Waals surface area contributed by atoms with E-state index in [9.17, 15) is 19.5 Å². The number of nitrogens with zero attached hydrogens (tertiary/aromatic N) is 1. The number of carbonyl (C=O) groups excluding carboxylic acids is 1. The van der Waals surface area contributed by atoms with Gasteiger partial charge in [0.15, 0.2) is 5.75 Å². The van der Waals surface area contributed by atoms with Crippen LogP contribution in [0.15, 0.2) is 30.5 Å². The number of carboxylic acid groups (broad SMARTS) is 2. The lowest BCUT2D eigenvalue weighted by molar-refractivity contribution is -0.143. The number of benzene rings is 1. The maximum absolute atomic E-state index is 13.7. The molecule has 0 aliphatic carbocycles. The average Bonchev–Trinajstić information content (AvgIpc) is 3.05. The number of ether oxygens (including phenoxy) is 1. The van der Waals surface area contributed by atoms with E-state index in [1.54, 1.807) is 6.20 Å². The Kier molecular flexibility index (Phi) is 18.3. The number of hydrazine groups is 1. The second-order valence-electron chi connectivity index (χ2n) is 12.8. The number of hydrogen-bond acceptors (Lipinski definition) is 9. The van der Waals surface area contributed by atoms with Crippen LogP contribution in [0.25, 0.3) is 10.9 Å². The van der Waals surface area contributed by atoms with E-state index in [0.29, 0.717) is 49.8 Å². The lowest BCUT2D eigenvalue weighted by Gasteiger charge is -2.22. The highest BCUT2D eigenvalue weighted by atomic mass is 16.5. The first-order chi connectivity index (χ1) is 22.9. The molecule has 3 atom stereocenters. The molecule has 262 valence electrons. The molecule has 0 amide bonds. The normalized spacial score (nSPS) is 17.7. The van der Waals surface area contributed by atoms with E-state index in [0.717, 1.165) is 95.0 Å². The molecule has 3 unspecified atom stereocenters. The summed E-state index contributed by atoms with van der Waals surface area (Å²) in [6.45, 7) is 6.83. The number of esters is 1. The van der Waals surface area contributed by atoms with E-state index in [-0.39, 0.29) is 24.3 Å². The summed E-state index contributed by atoms with van der Waals surface area (Å²) in [6, 6.07) is 8.03. The van der Waals surface area contributed by atoms with Crippen molar-refractivity contribution in [2.45, 2.75) is 109 Å². The predicted molar refractivity (Wildman–Crippen MR) is 184 cm³/mol. The molecule has 1 saturated heterocycles. The Balaban J connectivity index is 1.69. The number of carbonyl (C=O) groups is 3. The molecule has 2 heterocycles. The topological polar surface area (TPSA) is 162 Å². The lowest BCUT2D eigenvalue weighted by atomic mass is 9.90. The molecule has 0 radical (unpaired) electrons. The molecule has 0 bridgehead atoms. The number of unbranched alkanes of at least 4 members (excludes halogenated alkanes) is 4. The second-order valence-corrected chi connectivity index (χ2v) is 12.8. The molecular weight excluding hydrogens is 598 g/mol. The Bertz CT molecular complexity index is 1220. The highest BCUT2D eigenvalue weighted by molar-refractivity contribution is 5.90. The third-order valence-electron chi connectivity index (χ3n) is 9.00. The summed E-state index contributed by atoms with van der Waals surface area (Å²) in [6.07, 6.45) is 12.7. The fourth-order valence-corrected chi connectivity index (χ4v) is 6.26. The summed E-state index contributed by atoms with van der Waals surface area (Å²) >= 11 is 0. The molecule has 2 aromatic rings. The number of hydrogen-bond donors (Lipinski definition) is 6. The fourth-order valence-electron chi connectivity index (χ4n) is 6.26. The van der Waals surface area contributed by atoms with Gasteiger partial charge in [-0.25, -0.2) is 0 Å². The Morgan fingerprint density at radius 1 is 0.872 bits per heavy atom. The van der Waals surface area contributed by atoms with Crippen molar-refractivity contribution < 1.29 is 29.3 Å². The number of nitrogens with one attached hydrogen (secondary N) is 4. The van der Waals surface area contributed by atoms with Gasteiger partial charge in [0.25, 0.3) is 0 Å². The van der Waals surface area contributed by atoms with E-state index in [4.69, 9.17) is 9.84 Å². The Hall–Kier alpha value is -3.12. The van der Waals surface area contributed by atoms with Crippen LogP contribution in [-0.4, -0.2) is 71.9 Å². The minimum atomic E-state index is -0.921. The number of aromatic nitrogens is 1. The van der Waals surface area contributed by atoms with Gasteiger partial charge in [0.2, 0.25) is 0 Å². The van der Waals surface area contributed by atoms with Crippen LogP contribution in [0, 0.1) is 11.8 Å². The number of carboxylic acids is 2. The van der Waals surface area contributed by atoms with Gasteiger partial charge in [-0.2, -0.15) is 0 Å². The van der Waals surface area contributed by atoms with Gasteiger partial charge in [-0.1, -0.05) is 57.6 Å². The summed E-state index contributed by atoms with van der Waals surface area (Å²) < 4.78 is 6.07. The van der Waals surface area contributed by atoms with Crippen LogP contribution in [-0.2, 0) is 20.8 Å². The Labute approximate surface area is 280 Å². The van der Waals surface area contributed by atoms with Crippen molar-refractivity contribution in [1.29, 1.82) is 0 Å². The summed E-state index contributed by atoms with van der Waals surface area (Å²) in [7, 11) is 0. The third kappa shape index (κ3) is 14.7. The summed E-state index contributed by atoms with van der Waals surface area (Å²) in [5.74, 6) is -2.66. The van der Waals surface area contributed by atoms with Gasteiger partial charge in [0, 0.05) is 37.1 Å². The molecule has 11 nitrogen and oxygen atoms in total. The SMILES string of the molecule is CCCCCCCC(CCCC(CCCC(=O)O)C(=O)O)C(=O)Oc1ccc(CC2CCNCCCNCCNN2)c2cccnc12. The number of fused-ring (bicyclic) bond motifs is 1. The van der Waals surface area contributed by atoms with Crippen LogP contribution < -0.4 is 26.2 Å². The third-order valence-corrected chi connectivity index (χ3v) is 9.00. The second kappa shape index (κ2) is 22.4. The van der Waals surface area contributed by atoms with Crippen LogP contribution >= 0.6 is 0 Å². The lowest BCUT2D eigenvalue weighted by Crippen LogP contribution is -2.46. The molecule has 11 heteroatoms. The molecule has 1 fully saturated rings. The van der Waals surface area contributed by atoms with Gasteiger partial charge < -0.3 is 25.6 Å². The van der Waals surface area contributed by atoms with Crippen molar-refractivity contribution in [1.82, 2.24) is 26.5 Å². The standard InChI is InChI=1S/C36H57N5O6/c1-2-3-4-5-6-11-28(14-7-12-27(35(44)45)13-8-16-33(42)43)36(46)47-32-18-17-29(31-15-9-22-39-34(31)32)26-30-19-23-37-20-10-21-38-24-25-40-41-30/h9,15,17-18,22,27-28,30,37-38,40-41H,2-8,10-14,16,19-21,23-26H2,1H3,(H,42,43)(H,44,45). The predicted octanol–water partition coefficient (Wildman–Crippen LogP) is 5.22. The van der Waals surface area contributed by atoms with Crippen molar-refractivity contribution in [3.63, 3.8) is 0 Å². The maximum Gasteiger partial charge on any atom is 0.314 e. The molecule has 1 aromatic carbocycles. The van der Waals surface area contributed by atoms with Crippen molar-refractivity contribution in [2.24, 2.45) is 11.8 Å². The molecule has 3 rings (SSSR count). The highest BCUT2D eigenvalue weighted by Gasteiger charge is 2.24. The monoisotopic (exact) mass is 655 g/mol. The first-order valence-electron chi connectivity index (χ1n) is 17.8. The first-order valence-corrected chi connectivity index (χ1v) is 17.8. The van der Waals surface area contributed by atoms with Crippen molar-refractivity contribution >= 4 is 28.8 Å². The minimum absolute atomic E-state index is 0.0414. The minimum Gasteiger partial charge on any atom is -0.481 e. The molecule has 6 N–H and O–H groups in total. The maximum atomic E-state index is 13.7. The molecule has 1 aliphatic rings. The van der Waals surface area contributed by atoms with Gasteiger partial charge in [-0.3, -0.25) is 30.2 Å². The van der Waals surface area contributed by atoms with Crippen molar-refractivity contribution in [3.8, 4) is 5.75 Å². The first kappa shape index (κ1) is 38.3. The zero-order valence-electron chi connectivity index (χ0n) is 28.2. The smallest absolute Gasteiger partial charge is 0.314 e. The van der Waals surface area contributed by atoms with Gasteiger partial charge in [0.05, 0.1) is 11.8 Å². The van der Waals surface area contributed by atoms with Gasteiger partial charge >= 0.3 is 17.9 Å². The van der Waals surface area contributed by atoms with Crippen LogP contribution in [0.5, 0.6) is 5.75 Å². The molecule has 1 aromatic heterocycles. The van der Waals surface area contributed by atoms with Crippen LogP contribution in [0.2, 0.25) is 0 Å². The van der Waals surface area contributed by atoms with Gasteiger partial charge in [0.1, 0.15) is 5.52 Å². The van der Waals surface area contributed by atoms with Crippen molar-refractivity contribution in [3.05, 3.63) is 36.0 Å². The Morgan fingerprint density at radius 2 is 1.62 bits per heavy atom. The molecule has 47 heavy (non-hydrogen) atoms. The number of aliphatic carboxylic acids is 2. The van der Waals surface area contributed by atoms with E-state index in [1.165, 1.54) is 0 Å². The Morgan fingerprint density at radius 3 is 2.40 bits per heavy atom. The van der Waals surface area contributed by atoms with Crippen molar-refractivity contribution in [2.75, 3.05) is 32.7 Å². The molecule has 0 spiro atoms. The van der Waals surface area contributed by atoms with E-state index in [2.05, 4.69) is 33.4 Å². The van der Waals surface area contributed by atoms with E-state index < -0.39 is 17.9 Å². The van der Waals surface area contributed by atoms with Crippen LogP contribution in [0.1, 0.15) is 102 Å². The summed E-state index contributed by atoms with van der Waals surface area (Å²) in [5, 5.41) is 26.5. The number of pyridine rings is 1. The van der Waals surface area contributed by atoms with E-state index >= 15 is 0 Å². The zero-order valence-corrected chi connectivity index (χ0v) is 28.2. The zero-order chi connectivity index (χ0) is 33.7.